The van der Waals surface area contributed by atoms with Crippen LogP contribution < -0.4 is 10.1 Å². The van der Waals surface area contributed by atoms with Crippen molar-refractivity contribution in [3.8, 4) is 5.75 Å². The zero-order chi connectivity index (χ0) is 16.9. The van der Waals surface area contributed by atoms with E-state index in [0.29, 0.717) is 18.0 Å². The SMILES string of the molecule is CC(C)(C(=O)Nc1cccc(OCC(=O)O)c1)C1CCCCO1. The van der Waals surface area contributed by atoms with Gasteiger partial charge in [-0.3, -0.25) is 4.79 Å². The molecule has 1 atom stereocenters. The molecule has 0 aromatic heterocycles. The Morgan fingerprint density at radius 2 is 2.17 bits per heavy atom. The highest BCUT2D eigenvalue weighted by Gasteiger charge is 2.38. The topological polar surface area (TPSA) is 84.9 Å². The van der Waals surface area contributed by atoms with Gasteiger partial charge in [0.25, 0.3) is 0 Å². The van der Waals surface area contributed by atoms with Gasteiger partial charge < -0.3 is 19.9 Å². The highest BCUT2D eigenvalue weighted by Crippen LogP contribution is 2.32. The second-order valence-electron chi connectivity index (χ2n) is 6.24. The van der Waals surface area contributed by atoms with E-state index in [1.54, 1.807) is 24.3 Å². The first kappa shape index (κ1) is 17.3. The summed E-state index contributed by atoms with van der Waals surface area (Å²) in [5.74, 6) is -0.772. The number of hydrogen-bond donors (Lipinski definition) is 2. The highest BCUT2D eigenvalue weighted by molar-refractivity contribution is 5.95. The van der Waals surface area contributed by atoms with Gasteiger partial charge in [0.15, 0.2) is 6.61 Å². The van der Waals surface area contributed by atoms with Crippen molar-refractivity contribution in [2.75, 3.05) is 18.5 Å². The molecule has 0 spiro atoms. The van der Waals surface area contributed by atoms with Gasteiger partial charge in [-0.2, -0.15) is 0 Å². The Kier molecular flexibility index (Phi) is 5.60. The molecule has 1 aromatic rings. The molecule has 1 amide bonds. The number of aliphatic carboxylic acids is 1. The minimum absolute atomic E-state index is 0.0947. The van der Waals surface area contributed by atoms with Gasteiger partial charge in [0.2, 0.25) is 5.91 Å². The number of anilines is 1. The number of carbonyl (C=O) groups excluding carboxylic acids is 1. The Balaban J connectivity index is 2.01. The van der Waals surface area contributed by atoms with Crippen molar-refractivity contribution in [1.29, 1.82) is 0 Å². The summed E-state index contributed by atoms with van der Waals surface area (Å²) in [7, 11) is 0. The summed E-state index contributed by atoms with van der Waals surface area (Å²) in [6.07, 6.45) is 2.89. The summed E-state index contributed by atoms with van der Waals surface area (Å²) in [6.45, 7) is 4.03. The van der Waals surface area contributed by atoms with E-state index < -0.39 is 18.0 Å². The normalized spacial score (nSPS) is 18.3. The molecule has 1 saturated heterocycles. The van der Waals surface area contributed by atoms with Crippen molar-refractivity contribution >= 4 is 17.6 Å². The van der Waals surface area contributed by atoms with Crippen molar-refractivity contribution in [2.45, 2.75) is 39.2 Å². The third kappa shape index (κ3) is 4.69. The molecule has 0 bridgehead atoms. The molecule has 1 aliphatic heterocycles. The van der Waals surface area contributed by atoms with E-state index in [-0.39, 0.29) is 12.0 Å². The van der Waals surface area contributed by atoms with Crippen LogP contribution in [0.15, 0.2) is 24.3 Å². The molecule has 0 radical (unpaired) electrons. The quantitative estimate of drug-likeness (QED) is 0.841. The Hall–Kier alpha value is -2.08. The molecule has 1 heterocycles. The van der Waals surface area contributed by atoms with Gasteiger partial charge in [0, 0.05) is 18.4 Å². The van der Waals surface area contributed by atoms with Crippen LogP contribution in [0.1, 0.15) is 33.1 Å². The van der Waals surface area contributed by atoms with Gasteiger partial charge in [0.1, 0.15) is 5.75 Å². The number of amides is 1. The van der Waals surface area contributed by atoms with Crippen molar-refractivity contribution in [3.63, 3.8) is 0 Å². The predicted molar refractivity (Wildman–Crippen MR) is 85.6 cm³/mol. The van der Waals surface area contributed by atoms with E-state index >= 15 is 0 Å². The lowest BCUT2D eigenvalue weighted by Crippen LogP contribution is -2.44. The van der Waals surface area contributed by atoms with E-state index in [2.05, 4.69) is 5.32 Å². The molecule has 0 saturated carbocycles. The van der Waals surface area contributed by atoms with Crippen LogP contribution in [0.25, 0.3) is 0 Å². The third-order valence-corrected chi connectivity index (χ3v) is 4.02. The minimum Gasteiger partial charge on any atom is -0.482 e. The summed E-state index contributed by atoms with van der Waals surface area (Å²) in [5.41, 5.74) is -0.0694. The second kappa shape index (κ2) is 7.46. The smallest absolute Gasteiger partial charge is 0.341 e. The summed E-state index contributed by atoms with van der Waals surface area (Å²) in [6, 6.07) is 6.70. The molecule has 1 aliphatic rings. The van der Waals surface area contributed by atoms with Gasteiger partial charge in [-0.1, -0.05) is 6.07 Å². The zero-order valence-electron chi connectivity index (χ0n) is 13.5. The number of carboxylic acid groups (broad SMARTS) is 1. The first-order valence-corrected chi connectivity index (χ1v) is 7.77. The van der Waals surface area contributed by atoms with Gasteiger partial charge in [-0.05, 0) is 45.2 Å². The van der Waals surface area contributed by atoms with Crippen LogP contribution >= 0.6 is 0 Å². The van der Waals surface area contributed by atoms with Crippen LogP contribution in [0.2, 0.25) is 0 Å². The molecule has 1 fully saturated rings. The number of nitrogens with one attached hydrogen (secondary N) is 1. The Morgan fingerprint density at radius 1 is 1.39 bits per heavy atom. The van der Waals surface area contributed by atoms with Gasteiger partial charge in [-0.15, -0.1) is 0 Å². The summed E-state index contributed by atoms with van der Waals surface area (Å²) < 4.78 is 10.9. The lowest BCUT2D eigenvalue weighted by molar-refractivity contribution is -0.139. The highest BCUT2D eigenvalue weighted by atomic mass is 16.5. The van der Waals surface area contributed by atoms with Crippen LogP contribution in [0, 0.1) is 5.41 Å². The number of benzene rings is 1. The number of carbonyl (C=O) groups is 2. The Bertz CT molecular complexity index is 564. The molecule has 23 heavy (non-hydrogen) atoms. The average Bonchev–Trinajstić information content (AvgIpc) is 2.54. The fraction of sp³-hybridized carbons (Fsp3) is 0.529. The maximum absolute atomic E-state index is 12.6. The first-order valence-electron chi connectivity index (χ1n) is 7.77. The van der Waals surface area contributed by atoms with Crippen molar-refractivity contribution in [1.82, 2.24) is 0 Å². The maximum Gasteiger partial charge on any atom is 0.341 e. The number of ether oxygens (including phenoxy) is 2. The van der Waals surface area contributed by atoms with E-state index in [9.17, 15) is 9.59 Å². The molecule has 1 unspecified atom stereocenters. The largest absolute Gasteiger partial charge is 0.482 e. The second-order valence-corrected chi connectivity index (χ2v) is 6.24. The molecule has 2 rings (SSSR count). The van der Waals surface area contributed by atoms with Gasteiger partial charge >= 0.3 is 5.97 Å². The molecule has 6 nitrogen and oxygen atoms in total. The molecule has 2 N–H and O–H groups in total. The fourth-order valence-corrected chi connectivity index (χ4v) is 2.56. The summed E-state index contributed by atoms with van der Waals surface area (Å²) >= 11 is 0. The number of hydrogen-bond acceptors (Lipinski definition) is 4. The standard InChI is InChI=1S/C17H23NO5/c1-17(2,14-8-3-4-9-22-14)16(21)18-12-6-5-7-13(10-12)23-11-15(19)20/h5-7,10,14H,3-4,8-9,11H2,1-2H3,(H,18,21)(H,19,20). The number of carboxylic acids is 1. The first-order chi connectivity index (χ1) is 10.9. The predicted octanol–water partition coefficient (Wildman–Crippen LogP) is 2.68. The zero-order valence-corrected chi connectivity index (χ0v) is 13.5. The molecule has 126 valence electrons. The molecular weight excluding hydrogens is 298 g/mol. The van der Waals surface area contributed by atoms with Crippen LogP contribution in [0.3, 0.4) is 0 Å². The van der Waals surface area contributed by atoms with E-state index in [4.69, 9.17) is 14.6 Å². The van der Waals surface area contributed by atoms with E-state index in [1.807, 2.05) is 13.8 Å². The van der Waals surface area contributed by atoms with E-state index in [0.717, 1.165) is 19.3 Å². The lowest BCUT2D eigenvalue weighted by atomic mass is 9.81. The van der Waals surface area contributed by atoms with Gasteiger partial charge in [0.05, 0.1) is 11.5 Å². The monoisotopic (exact) mass is 321 g/mol. The molecular formula is C17H23NO5. The van der Waals surface area contributed by atoms with Crippen LogP contribution in [-0.4, -0.2) is 36.3 Å². The Morgan fingerprint density at radius 3 is 2.83 bits per heavy atom. The third-order valence-electron chi connectivity index (χ3n) is 4.02. The Labute approximate surface area is 135 Å². The van der Waals surface area contributed by atoms with Crippen molar-refractivity contribution in [3.05, 3.63) is 24.3 Å². The molecule has 6 heteroatoms. The molecule has 1 aromatic carbocycles. The van der Waals surface area contributed by atoms with Gasteiger partial charge in [-0.25, -0.2) is 4.79 Å². The fourth-order valence-electron chi connectivity index (χ4n) is 2.56. The summed E-state index contributed by atoms with van der Waals surface area (Å²) in [5, 5.41) is 11.5. The van der Waals surface area contributed by atoms with Crippen molar-refractivity contribution < 1.29 is 24.2 Å². The number of rotatable bonds is 6. The van der Waals surface area contributed by atoms with Crippen LogP contribution in [-0.2, 0) is 14.3 Å². The van der Waals surface area contributed by atoms with Crippen LogP contribution in [0.5, 0.6) is 5.75 Å². The van der Waals surface area contributed by atoms with Crippen molar-refractivity contribution in [2.24, 2.45) is 5.41 Å². The summed E-state index contributed by atoms with van der Waals surface area (Å²) in [4.78, 5) is 23.1. The maximum atomic E-state index is 12.6. The van der Waals surface area contributed by atoms with E-state index in [1.165, 1.54) is 0 Å². The average molecular weight is 321 g/mol. The van der Waals surface area contributed by atoms with Crippen LogP contribution in [0.4, 0.5) is 5.69 Å². The molecule has 0 aliphatic carbocycles. The minimum atomic E-state index is -1.05. The lowest BCUT2D eigenvalue weighted by Gasteiger charge is -2.35.